The molecule has 1 aromatic heterocycles. The van der Waals surface area contributed by atoms with Crippen LogP contribution in [0.15, 0.2) is 48.4 Å². The third-order valence-corrected chi connectivity index (χ3v) is 5.97. The van der Waals surface area contributed by atoms with Crippen LogP contribution in [0.3, 0.4) is 0 Å². The molecule has 2 fully saturated rings. The van der Waals surface area contributed by atoms with E-state index in [0.29, 0.717) is 5.69 Å². The zero-order valence-electron chi connectivity index (χ0n) is 16.7. The average Bonchev–Trinajstić information content (AvgIpc) is 3.41. The number of anilines is 1. The number of nitrogens with zero attached hydrogens (tertiary/aromatic N) is 2. The number of imidazole rings is 1. The molecule has 0 spiro atoms. The SMILES string of the molecule is CC(N)=CC(=O)c1cc(F)c([C@H]2[C@@H](C3CC3)C(=O)N2c2ccc3nc[nH]c3c2)c(F)c1. The molecule has 3 N–H and O–H groups in total. The lowest BCUT2D eigenvalue weighted by atomic mass is 9.78. The van der Waals surface area contributed by atoms with Gasteiger partial charge in [-0.3, -0.25) is 9.59 Å². The van der Waals surface area contributed by atoms with Gasteiger partial charge in [-0.1, -0.05) is 0 Å². The highest BCUT2D eigenvalue weighted by Crippen LogP contribution is 2.54. The number of carbonyl (C=O) groups excluding carboxylic acids is 2. The van der Waals surface area contributed by atoms with Gasteiger partial charge >= 0.3 is 0 Å². The summed E-state index contributed by atoms with van der Waals surface area (Å²) in [5, 5.41) is 0. The molecule has 2 heterocycles. The Labute approximate surface area is 176 Å². The third kappa shape index (κ3) is 3.19. The number of aromatic amines is 1. The van der Waals surface area contributed by atoms with Gasteiger partial charge < -0.3 is 15.6 Å². The number of β-lactam (4-membered cyclic amide) rings is 1. The molecule has 1 saturated carbocycles. The van der Waals surface area contributed by atoms with Crippen LogP contribution in [0, 0.1) is 23.5 Å². The first-order valence-electron chi connectivity index (χ1n) is 10.1. The highest BCUT2D eigenvalue weighted by Gasteiger charge is 2.56. The van der Waals surface area contributed by atoms with Gasteiger partial charge in [0, 0.05) is 28.6 Å². The molecular weight excluding hydrogens is 402 g/mol. The number of H-pyrrole nitrogens is 1. The summed E-state index contributed by atoms with van der Waals surface area (Å²) < 4.78 is 30.3. The lowest BCUT2D eigenvalue weighted by Crippen LogP contribution is -2.56. The molecule has 31 heavy (non-hydrogen) atoms. The summed E-state index contributed by atoms with van der Waals surface area (Å²) in [4.78, 5) is 33.8. The van der Waals surface area contributed by atoms with Crippen LogP contribution in [0.2, 0.25) is 0 Å². The Balaban J connectivity index is 1.58. The largest absolute Gasteiger partial charge is 0.402 e. The Kier molecular flexibility index (Phi) is 4.39. The number of allylic oxidation sites excluding steroid dienone is 2. The van der Waals surface area contributed by atoms with E-state index in [1.54, 1.807) is 24.5 Å². The van der Waals surface area contributed by atoms with Crippen LogP contribution in [0.5, 0.6) is 0 Å². The number of fused-ring (bicyclic) bond motifs is 1. The molecule has 2 atom stereocenters. The maximum Gasteiger partial charge on any atom is 0.233 e. The van der Waals surface area contributed by atoms with Crippen molar-refractivity contribution >= 4 is 28.4 Å². The molecule has 2 aliphatic rings. The molecule has 1 aliphatic heterocycles. The van der Waals surface area contributed by atoms with Gasteiger partial charge in [0.05, 0.1) is 29.3 Å². The predicted octanol–water partition coefficient (Wildman–Crippen LogP) is 4.00. The Morgan fingerprint density at radius 1 is 1.23 bits per heavy atom. The van der Waals surface area contributed by atoms with Crippen molar-refractivity contribution in [3.8, 4) is 0 Å². The molecule has 0 radical (unpaired) electrons. The Morgan fingerprint density at radius 2 is 1.94 bits per heavy atom. The number of nitrogens with one attached hydrogen (secondary N) is 1. The first-order valence-corrected chi connectivity index (χ1v) is 10.1. The van der Waals surface area contributed by atoms with Crippen LogP contribution in [0.4, 0.5) is 14.5 Å². The number of hydrogen-bond acceptors (Lipinski definition) is 4. The summed E-state index contributed by atoms with van der Waals surface area (Å²) in [5.74, 6) is -2.77. The van der Waals surface area contributed by atoms with Crippen molar-refractivity contribution < 1.29 is 18.4 Å². The van der Waals surface area contributed by atoms with E-state index >= 15 is 8.78 Å². The molecule has 5 rings (SSSR count). The molecular formula is C23H20F2N4O2. The van der Waals surface area contributed by atoms with Crippen LogP contribution < -0.4 is 10.6 Å². The molecule has 1 saturated heterocycles. The minimum atomic E-state index is -0.845. The predicted molar refractivity (Wildman–Crippen MR) is 111 cm³/mol. The van der Waals surface area contributed by atoms with Crippen molar-refractivity contribution in [1.82, 2.24) is 9.97 Å². The van der Waals surface area contributed by atoms with Crippen molar-refractivity contribution in [2.24, 2.45) is 17.6 Å². The number of halogens is 2. The standard InChI is InChI=1S/C23H20F2N4O2/c1-11(26)6-19(30)13-7-15(24)21(16(25)8-13)22-20(12-2-3-12)23(31)29(22)14-4-5-17-18(9-14)28-10-27-17/h4-10,12,20,22H,2-3,26H2,1H3,(H,27,28)/t20-,22-/m1/s1. The smallest absolute Gasteiger partial charge is 0.233 e. The Bertz CT molecular complexity index is 1230. The van der Waals surface area contributed by atoms with Crippen LogP contribution in [0.25, 0.3) is 11.0 Å². The van der Waals surface area contributed by atoms with Crippen molar-refractivity contribution in [3.63, 3.8) is 0 Å². The number of ketones is 1. The van der Waals surface area contributed by atoms with Gasteiger partial charge in [-0.2, -0.15) is 0 Å². The molecule has 6 nitrogen and oxygen atoms in total. The van der Waals surface area contributed by atoms with E-state index in [0.717, 1.165) is 42.1 Å². The quantitative estimate of drug-likeness (QED) is 0.369. The lowest BCUT2D eigenvalue weighted by Gasteiger charge is -2.48. The van der Waals surface area contributed by atoms with Gasteiger partial charge in [0.2, 0.25) is 5.91 Å². The van der Waals surface area contributed by atoms with Crippen molar-refractivity contribution in [2.45, 2.75) is 25.8 Å². The fraction of sp³-hybridized carbons (Fsp3) is 0.261. The average molecular weight is 422 g/mol. The number of nitrogens with two attached hydrogens (primary N) is 1. The van der Waals surface area contributed by atoms with Crippen molar-refractivity contribution in [3.05, 3.63) is 71.2 Å². The summed E-state index contributed by atoms with van der Waals surface area (Å²) in [6.45, 7) is 1.52. The van der Waals surface area contributed by atoms with Gasteiger partial charge in [-0.25, -0.2) is 13.8 Å². The summed E-state index contributed by atoms with van der Waals surface area (Å²) >= 11 is 0. The number of benzene rings is 2. The van der Waals surface area contributed by atoms with Crippen LogP contribution in [0.1, 0.15) is 41.7 Å². The van der Waals surface area contributed by atoms with E-state index in [2.05, 4.69) is 9.97 Å². The van der Waals surface area contributed by atoms with E-state index in [4.69, 9.17) is 5.73 Å². The highest BCUT2D eigenvalue weighted by atomic mass is 19.1. The molecule has 158 valence electrons. The molecule has 3 aromatic rings. The fourth-order valence-corrected chi connectivity index (χ4v) is 4.40. The first-order chi connectivity index (χ1) is 14.8. The van der Waals surface area contributed by atoms with E-state index < -0.39 is 29.4 Å². The fourth-order valence-electron chi connectivity index (χ4n) is 4.40. The van der Waals surface area contributed by atoms with Gasteiger partial charge in [-0.05, 0) is 56.0 Å². The van der Waals surface area contributed by atoms with E-state index in [-0.39, 0.29) is 28.6 Å². The summed E-state index contributed by atoms with van der Waals surface area (Å²) in [6.07, 6.45) is 4.39. The van der Waals surface area contributed by atoms with Crippen LogP contribution >= 0.6 is 0 Å². The zero-order valence-corrected chi connectivity index (χ0v) is 16.7. The second-order valence-electron chi connectivity index (χ2n) is 8.23. The minimum absolute atomic E-state index is 0.118. The van der Waals surface area contributed by atoms with Gasteiger partial charge in [0.1, 0.15) is 11.6 Å². The first kappa shape index (κ1) is 19.4. The van der Waals surface area contributed by atoms with Gasteiger partial charge in [-0.15, -0.1) is 0 Å². The molecule has 0 bridgehead atoms. The number of aromatic nitrogens is 2. The van der Waals surface area contributed by atoms with Crippen molar-refractivity contribution in [2.75, 3.05) is 4.90 Å². The van der Waals surface area contributed by atoms with E-state index in [1.807, 2.05) is 0 Å². The third-order valence-electron chi connectivity index (χ3n) is 5.97. The number of amides is 1. The molecule has 2 aromatic carbocycles. The maximum atomic E-state index is 15.2. The molecule has 0 unspecified atom stereocenters. The molecule has 1 aliphatic carbocycles. The monoisotopic (exact) mass is 422 g/mol. The summed E-state index contributed by atoms with van der Waals surface area (Å²) in [7, 11) is 0. The Hall–Kier alpha value is -3.55. The van der Waals surface area contributed by atoms with E-state index in [1.165, 1.54) is 11.8 Å². The number of carbonyl (C=O) groups is 2. The molecule has 8 heteroatoms. The normalized spacial score (nSPS) is 21.5. The second kappa shape index (κ2) is 7.01. The van der Waals surface area contributed by atoms with Gasteiger partial charge in [0.15, 0.2) is 5.78 Å². The topological polar surface area (TPSA) is 92.1 Å². The Morgan fingerprint density at radius 3 is 2.58 bits per heavy atom. The van der Waals surface area contributed by atoms with Crippen LogP contribution in [-0.4, -0.2) is 21.7 Å². The van der Waals surface area contributed by atoms with Crippen LogP contribution in [-0.2, 0) is 4.79 Å². The lowest BCUT2D eigenvalue weighted by molar-refractivity contribution is -0.131. The number of rotatable bonds is 5. The second-order valence-corrected chi connectivity index (χ2v) is 8.23. The van der Waals surface area contributed by atoms with Crippen molar-refractivity contribution in [1.29, 1.82) is 0 Å². The summed E-state index contributed by atoms with van der Waals surface area (Å²) in [6, 6.07) is 6.49. The minimum Gasteiger partial charge on any atom is -0.402 e. The summed E-state index contributed by atoms with van der Waals surface area (Å²) in [5.41, 5.74) is 7.44. The van der Waals surface area contributed by atoms with E-state index in [9.17, 15) is 9.59 Å². The maximum absolute atomic E-state index is 15.2. The highest BCUT2D eigenvalue weighted by molar-refractivity contribution is 6.06. The van der Waals surface area contributed by atoms with Gasteiger partial charge in [0.25, 0.3) is 0 Å². The number of hydrogen-bond donors (Lipinski definition) is 2. The molecule has 1 amide bonds. The zero-order chi connectivity index (χ0) is 21.9.